The molecule has 1 saturated heterocycles. The summed E-state index contributed by atoms with van der Waals surface area (Å²) in [6, 6.07) is 7.05. The number of ether oxygens (including phenoxy) is 2. The summed E-state index contributed by atoms with van der Waals surface area (Å²) in [5, 5.41) is 2.81. The molecule has 3 N–H and O–H groups in total. The fourth-order valence-corrected chi connectivity index (χ4v) is 2.16. The highest BCUT2D eigenvalue weighted by atomic mass is 16.5. The molecule has 0 atom stereocenters. The lowest BCUT2D eigenvalue weighted by Gasteiger charge is -2.31. The molecular formula is C15H20N2O4. The van der Waals surface area contributed by atoms with Crippen molar-refractivity contribution < 1.29 is 19.1 Å². The Morgan fingerprint density at radius 3 is 2.48 bits per heavy atom. The van der Waals surface area contributed by atoms with E-state index in [1.54, 1.807) is 24.3 Å². The lowest BCUT2D eigenvalue weighted by atomic mass is 9.90. The highest BCUT2D eigenvalue weighted by molar-refractivity contribution is 5.98. The minimum absolute atomic E-state index is 0.202. The number of anilines is 1. The first-order chi connectivity index (χ1) is 10.0. The summed E-state index contributed by atoms with van der Waals surface area (Å²) in [4.78, 5) is 23.4. The maximum absolute atomic E-state index is 12.2. The van der Waals surface area contributed by atoms with Gasteiger partial charge in [-0.25, -0.2) is 0 Å². The number of carbonyl (C=O) groups is 2. The topological polar surface area (TPSA) is 90.7 Å². The predicted molar refractivity (Wildman–Crippen MR) is 77.8 cm³/mol. The van der Waals surface area contributed by atoms with Gasteiger partial charge >= 0.3 is 5.97 Å². The number of rotatable bonds is 4. The molecule has 2 rings (SSSR count). The molecule has 1 aliphatic rings. The van der Waals surface area contributed by atoms with Gasteiger partial charge in [0.15, 0.2) is 0 Å². The molecule has 6 heteroatoms. The first-order valence-corrected chi connectivity index (χ1v) is 6.87. The van der Waals surface area contributed by atoms with Gasteiger partial charge < -0.3 is 20.5 Å². The minimum atomic E-state index is -0.872. The lowest BCUT2D eigenvalue weighted by Crippen LogP contribution is -2.54. The van der Waals surface area contributed by atoms with Crippen molar-refractivity contribution in [3.05, 3.63) is 29.8 Å². The van der Waals surface area contributed by atoms with Gasteiger partial charge in [0.2, 0.25) is 5.91 Å². The van der Waals surface area contributed by atoms with Crippen molar-refractivity contribution >= 4 is 17.6 Å². The molecular weight excluding hydrogens is 272 g/mol. The third kappa shape index (κ3) is 4.03. The standard InChI is InChI=1S/C15H20N2O4/c1-20-13(18)10-11-2-4-12(5-3-11)17-14(19)15(16)6-8-21-9-7-15/h2-5H,6-10,16H2,1H3,(H,17,19). The summed E-state index contributed by atoms with van der Waals surface area (Å²) in [5.41, 5.74) is 6.72. The number of methoxy groups -OCH3 is 1. The normalized spacial score (nSPS) is 17.0. The van der Waals surface area contributed by atoms with Crippen LogP contribution >= 0.6 is 0 Å². The molecule has 1 fully saturated rings. The second-order valence-corrected chi connectivity index (χ2v) is 5.17. The van der Waals surface area contributed by atoms with Gasteiger partial charge in [-0.05, 0) is 30.5 Å². The summed E-state index contributed by atoms with van der Waals surface area (Å²) in [6.07, 6.45) is 1.24. The molecule has 0 unspecified atom stereocenters. The minimum Gasteiger partial charge on any atom is -0.469 e. The predicted octanol–water partition coefficient (Wildman–Crippen LogP) is 0.848. The molecule has 1 heterocycles. The Kier molecular flexibility index (Phi) is 4.93. The van der Waals surface area contributed by atoms with E-state index in [2.05, 4.69) is 10.1 Å². The number of nitrogens with two attached hydrogens (primary N) is 1. The van der Waals surface area contributed by atoms with Crippen LogP contribution in [0.15, 0.2) is 24.3 Å². The fraction of sp³-hybridized carbons (Fsp3) is 0.467. The third-order valence-corrected chi connectivity index (χ3v) is 3.63. The number of benzene rings is 1. The molecule has 21 heavy (non-hydrogen) atoms. The molecule has 0 radical (unpaired) electrons. The maximum Gasteiger partial charge on any atom is 0.309 e. The van der Waals surface area contributed by atoms with Gasteiger partial charge in [-0.2, -0.15) is 0 Å². The smallest absolute Gasteiger partial charge is 0.309 e. The highest BCUT2D eigenvalue weighted by Crippen LogP contribution is 2.20. The molecule has 6 nitrogen and oxygen atoms in total. The number of nitrogens with one attached hydrogen (secondary N) is 1. The number of amides is 1. The zero-order chi connectivity index (χ0) is 15.3. The van der Waals surface area contributed by atoms with Crippen LogP contribution in [0.2, 0.25) is 0 Å². The number of hydrogen-bond donors (Lipinski definition) is 2. The molecule has 0 bridgehead atoms. The van der Waals surface area contributed by atoms with Crippen LogP contribution in [0.4, 0.5) is 5.69 Å². The lowest BCUT2D eigenvalue weighted by molar-refractivity contribution is -0.139. The summed E-state index contributed by atoms with van der Waals surface area (Å²) in [7, 11) is 1.35. The summed E-state index contributed by atoms with van der Waals surface area (Å²) >= 11 is 0. The second kappa shape index (κ2) is 6.69. The van der Waals surface area contributed by atoms with Crippen LogP contribution in [0.5, 0.6) is 0 Å². The zero-order valence-corrected chi connectivity index (χ0v) is 12.1. The van der Waals surface area contributed by atoms with Crippen molar-refractivity contribution in [2.75, 3.05) is 25.6 Å². The quantitative estimate of drug-likeness (QED) is 0.803. The Balaban J connectivity index is 1.96. The van der Waals surface area contributed by atoms with Gasteiger partial charge in [-0.3, -0.25) is 9.59 Å². The van der Waals surface area contributed by atoms with Crippen molar-refractivity contribution in [2.45, 2.75) is 24.8 Å². The van der Waals surface area contributed by atoms with Gasteiger partial charge in [-0.1, -0.05) is 12.1 Å². The first-order valence-electron chi connectivity index (χ1n) is 6.87. The number of hydrogen-bond acceptors (Lipinski definition) is 5. The van der Waals surface area contributed by atoms with Crippen LogP contribution in [-0.4, -0.2) is 37.7 Å². The molecule has 1 amide bonds. The van der Waals surface area contributed by atoms with E-state index in [4.69, 9.17) is 10.5 Å². The van der Waals surface area contributed by atoms with Crippen molar-refractivity contribution in [3.63, 3.8) is 0 Å². The molecule has 1 aromatic carbocycles. The molecule has 1 aliphatic heterocycles. The van der Waals surface area contributed by atoms with Crippen molar-refractivity contribution in [2.24, 2.45) is 5.73 Å². The van der Waals surface area contributed by atoms with Crippen LogP contribution in [0.25, 0.3) is 0 Å². The van der Waals surface area contributed by atoms with E-state index in [0.29, 0.717) is 31.7 Å². The Labute approximate surface area is 123 Å². The second-order valence-electron chi connectivity index (χ2n) is 5.17. The number of esters is 1. The van der Waals surface area contributed by atoms with Crippen LogP contribution in [0, 0.1) is 0 Å². The molecule has 114 valence electrons. The SMILES string of the molecule is COC(=O)Cc1ccc(NC(=O)C2(N)CCOCC2)cc1. The van der Waals surface area contributed by atoms with E-state index >= 15 is 0 Å². The van der Waals surface area contributed by atoms with Crippen LogP contribution in [0.1, 0.15) is 18.4 Å². The Morgan fingerprint density at radius 1 is 1.29 bits per heavy atom. The van der Waals surface area contributed by atoms with Gasteiger partial charge in [0, 0.05) is 18.9 Å². The first kappa shape index (κ1) is 15.5. The third-order valence-electron chi connectivity index (χ3n) is 3.63. The van der Waals surface area contributed by atoms with E-state index in [9.17, 15) is 9.59 Å². The zero-order valence-electron chi connectivity index (χ0n) is 12.1. The van der Waals surface area contributed by atoms with Gasteiger partial charge in [-0.15, -0.1) is 0 Å². The average Bonchev–Trinajstić information content (AvgIpc) is 2.50. The maximum atomic E-state index is 12.2. The van der Waals surface area contributed by atoms with Crippen molar-refractivity contribution in [1.82, 2.24) is 0 Å². The van der Waals surface area contributed by atoms with Crippen LogP contribution < -0.4 is 11.1 Å². The Hall–Kier alpha value is -1.92. The average molecular weight is 292 g/mol. The van der Waals surface area contributed by atoms with E-state index in [1.807, 2.05) is 0 Å². The van der Waals surface area contributed by atoms with E-state index in [0.717, 1.165) is 5.56 Å². The monoisotopic (exact) mass is 292 g/mol. The van der Waals surface area contributed by atoms with Crippen LogP contribution in [0.3, 0.4) is 0 Å². The summed E-state index contributed by atoms with van der Waals surface area (Å²) < 4.78 is 9.83. The molecule has 0 spiro atoms. The van der Waals surface area contributed by atoms with Gasteiger partial charge in [0.05, 0.1) is 13.5 Å². The van der Waals surface area contributed by atoms with Gasteiger partial charge in [0.25, 0.3) is 0 Å². The van der Waals surface area contributed by atoms with E-state index in [1.165, 1.54) is 7.11 Å². The molecule has 1 aromatic rings. The number of carbonyl (C=O) groups excluding carboxylic acids is 2. The molecule has 0 aromatic heterocycles. The molecule has 0 saturated carbocycles. The summed E-state index contributed by atoms with van der Waals surface area (Å²) in [5.74, 6) is -0.499. The van der Waals surface area contributed by atoms with Crippen LogP contribution in [-0.2, 0) is 25.5 Å². The fourth-order valence-electron chi connectivity index (χ4n) is 2.16. The van der Waals surface area contributed by atoms with Crippen molar-refractivity contribution in [3.8, 4) is 0 Å². The molecule has 0 aliphatic carbocycles. The summed E-state index contributed by atoms with van der Waals surface area (Å²) in [6.45, 7) is 1.00. The van der Waals surface area contributed by atoms with E-state index in [-0.39, 0.29) is 18.3 Å². The van der Waals surface area contributed by atoms with Crippen molar-refractivity contribution in [1.29, 1.82) is 0 Å². The van der Waals surface area contributed by atoms with Gasteiger partial charge in [0.1, 0.15) is 5.54 Å². The largest absolute Gasteiger partial charge is 0.469 e. The highest BCUT2D eigenvalue weighted by Gasteiger charge is 2.35. The van der Waals surface area contributed by atoms with E-state index < -0.39 is 5.54 Å². The Bertz CT molecular complexity index is 507. The Morgan fingerprint density at radius 2 is 1.90 bits per heavy atom.